The molecule has 0 bridgehead atoms. The molecule has 1 aromatic carbocycles. The van der Waals surface area contributed by atoms with Crippen LogP contribution in [-0.2, 0) is 6.54 Å². The van der Waals surface area contributed by atoms with E-state index in [0.717, 1.165) is 30.7 Å². The summed E-state index contributed by atoms with van der Waals surface area (Å²) in [6.45, 7) is 12.3. The number of benzene rings is 1. The Morgan fingerprint density at radius 3 is 1.95 bits per heavy atom. The van der Waals surface area contributed by atoms with E-state index in [1.54, 1.807) is 20.4 Å². The quantitative estimate of drug-likeness (QED) is 0.868. The number of rotatable bonds is 5. The predicted octanol–water partition coefficient (Wildman–Crippen LogP) is 3.60. The fraction of sp³-hybridized carbons (Fsp3) is 0.500. The van der Waals surface area contributed by atoms with Crippen molar-refractivity contribution in [2.24, 2.45) is 0 Å². The van der Waals surface area contributed by atoms with Crippen molar-refractivity contribution in [3.05, 3.63) is 36.5 Å². The second-order valence-corrected chi connectivity index (χ2v) is 2.77. The predicted molar refractivity (Wildman–Crippen MR) is 87.4 cm³/mol. The van der Waals surface area contributed by atoms with Crippen molar-refractivity contribution in [3.8, 4) is 11.5 Å². The number of hydrogen-bond donors (Lipinski definition) is 2. The Hall–Kier alpha value is -1.68. The van der Waals surface area contributed by atoms with Gasteiger partial charge in [0.2, 0.25) is 0 Å². The summed E-state index contributed by atoms with van der Waals surface area (Å²) < 4.78 is 10.3. The van der Waals surface area contributed by atoms with E-state index in [0.29, 0.717) is 0 Å². The van der Waals surface area contributed by atoms with Crippen molar-refractivity contribution in [2.75, 3.05) is 21.3 Å². The van der Waals surface area contributed by atoms with Crippen LogP contribution in [0.4, 0.5) is 0 Å². The first-order valence-electron chi connectivity index (χ1n) is 6.81. The van der Waals surface area contributed by atoms with Crippen molar-refractivity contribution in [1.29, 1.82) is 0 Å². The van der Waals surface area contributed by atoms with Crippen molar-refractivity contribution < 1.29 is 14.6 Å². The third kappa shape index (κ3) is 10.3. The van der Waals surface area contributed by atoms with Crippen molar-refractivity contribution in [2.45, 2.75) is 34.2 Å². The van der Waals surface area contributed by atoms with Gasteiger partial charge in [-0.2, -0.15) is 0 Å². The van der Waals surface area contributed by atoms with E-state index in [2.05, 4.69) is 11.9 Å². The van der Waals surface area contributed by atoms with Crippen LogP contribution in [0.2, 0.25) is 0 Å². The molecule has 0 saturated heterocycles. The maximum absolute atomic E-state index is 7.00. The highest BCUT2D eigenvalue weighted by Crippen LogP contribution is 2.27. The van der Waals surface area contributed by atoms with E-state index >= 15 is 0 Å². The van der Waals surface area contributed by atoms with Gasteiger partial charge in [-0.25, -0.2) is 0 Å². The molecule has 1 aromatic rings. The number of nitrogens with one attached hydrogen (secondary N) is 1. The Kier molecular flexibility index (Phi) is 23.0. The highest BCUT2D eigenvalue weighted by molar-refractivity contribution is 5.42. The van der Waals surface area contributed by atoms with Gasteiger partial charge < -0.3 is 19.9 Å². The lowest BCUT2D eigenvalue weighted by Crippen LogP contribution is -2.03. The summed E-state index contributed by atoms with van der Waals surface area (Å²) in [4.78, 5) is 0. The fourth-order valence-electron chi connectivity index (χ4n) is 1.18. The Morgan fingerprint density at radius 2 is 1.55 bits per heavy atom. The standard InChI is InChI=1S/C11H15NO2.2C2H6.CH4O/c1-4-12-8-9-5-6-10(13-2)11(7-9)14-3;3*1-2/h4-7,12H,1,8H2,2-3H3;2*1-2H3;2H,1H3. The maximum Gasteiger partial charge on any atom is 0.161 e. The van der Waals surface area contributed by atoms with Gasteiger partial charge in [0.15, 0.2) is 11.5 Å². The average Bonchev–Trinajstić information content (AvgIpc) is 2.58. The van der Waals surface area contributed by atoms with Crippen LogP contribution in [-0.4, -0.2) is 26.4 Å². The van der Waals surface area contributed by atoms with E-state index in [1.165, 1.54) is 0 Å². The van der Waals surface area contributed by atoms with E-state index < -0.39 is 0 Å². The molecule has 118 valence electrons. The van der Waals surface area contributed by atoms with Crippen LogP contribution >= 0.6 is 0 Å². The van der Waals surface area contributed by atoms with Crippen molar-refractivity contribution in [1.82, 2.24) is 5.32 Å². The molecular weight excluding hydrogens is 254 g/mol. The highest BCUT2D eigenvalue weighted by Gasteiger charge is 2.03. The maximum atomic E-state index is 7.00. The van der Waals surface area contributed by atoms with Gasteiger partial charge >= 0.3 is 0 Å². The van der Waals surface area contributed by atoms with Crippen molar-refractivity contribution >= 4 is 0 Å². The van der Waals surface area contributed by atoms with Gasteiger partial charge in [0, 0.05) is 13.7 Å². The van der Waals surface area contributed by atoms with E-state index in [1.807, 2.05) is 45.9 Å². The van der Waals surface area contributed by atoms with Crippen LogP contribution in [0.1, 0.15) is 33.3 Å². The zero-order chi connectivity index (χ0) is 16.4. The van der Waals surface area contributed by atoms with Gasteiger partial charge in [-0.3, -0.25) is 0 Å². The first-order chi connectivity index (χ1) is 9.81. The number of ether oxygens (including phenoxy) is 2. The molecule has 0 heterocycles. The van der Waals surface area contributed by atoms with Crippen LogP contribution in [0.3, 0.4) is 0 Å². The number of aliphatic hydroxyl groups is 1. The average molecular weight is 285 g/mol. The number of hydrogen-bond acceptors (Lipinski definition) is 4. The number of aliphatic hydroxyl groups excluding tert-OH is 1. The first-order valence-corrected chi connectivity index (χ1v) is 6.81. The molecule has 4 nitrogen and oxygen atoms in total. The second-order valence-electron chi connectivity index (χ2n) is 2.77. The summed E-state index contributed by atoms with van der Waals surface area (Å²) in [5.41, 5.74) is 1.13. The lowest BCUT2D eigenvalue weighted by Gasteiger charge is -2.09. The molecule has 0 aromatic heterocycles. The largest absolute Gasteiger partial charge is 0.493 e. The minimum absolute atomic E-state index is 0.740. The summed E-state index contributed by atoms with van der Waals surface area (Å²) >= 11 is 0. The molecule has 0 aliphatic rings. The molecule has 0 atom stereocenters. The normalized spacial score (nSPS) is 7.40. The molecule has 0 aliphatic heterocycles. The molecule has 4 heteroatoms. The SMILES string of the molecule is C=CNCc1ccc(OC)c(OC)c1.CC.CC.CO. The molecule has 0 amide bonds. The first kappa shape index (κ1) is 23.4. The van der Waals surface area contributed by atoms with Gasteiger partial charge in [-0.1, -0.05) is 40.3 Å². The van der Waals surface area contributed by atoms with Gasteiger partial charge in [-0.05, 0) is 23.9 Å². The molecule has 0 unspecified atom stereocenters. The molecule has 0 radical (unpaired) electrons. The molecule has 0 fully saturated rings. The molecule has 2 N–H and O–H groups in total. The van der Waals surface area contributed by atoms with E-state index in [4.69, 9.17) is 14.6 Å². The molecule has 20 heavy (non-hydrogen) atoms. The van der Waals surface area contributed by atoms with Gasteiger partial charge in [0.05, 0.1) is 14.2 Å². The van der Waals surface area contributed by atoms with Crippen LogP contribution < -0.4 is 14.8 Å². The zero-order valence-corrected chi connectivity index (χ0v) is 14.0. The van der Waals surface area contributed by atoms with Crippen LogP contribution in [0, 0.1) is 0 Å². The zero-order valence-electron chi connectivity index (χ0n) is 14.0. The molecule has 0 aliphatic carbocycles. The summed E-state index contributed by atoms with van der Waals surface area (Å²) in [6.07, 6.45) is 1.66. The smallest absolute Gasteiger partial charge is 0.161 e. The lowest BCUT2D eigenvalue weighted by molar-refractivity contribution is 0.354. The van der Waals surface area contributed by atoms with Gasteiger partial charge in [0.25, 0.3) is 0 Å². The lowest BCUT2D eigenvalue weighted by atomic mass is 10.2. The summed E-state index contributed by atoms with van der Waals surface area (Å²) in [5.74, 6) is 1.49. The molecule has 0 saturated carbocycles. The molecule has 0 spiro atoms. The monoisotopic (exact) mass is 285 g/mol. The third-order valence-electron chi connectivity index (χ3n) is 1.90. The van der Waals surface area contributed by atoms with Gasteiger partial charge in [-0.15, -0.1) is 0 Å². The Morgan fingerprint density at radius 1 is 1.05 bits per heavy atom. The van der Waals surface area contributed by atoms with Crippen LogP contribution in [0.25, 0.3) is 0 Å². The number of methoxy groups -OCH3 is 2. The summed E-state index contributed by atoms with van der Waals surface area (Å²) in [5, 5.41) is 10.0. The minimum Gasteiger partial charge on any atom is -0.493 e. The van der Waals surface area contributed by atoms with E-state index in [9.17, 15) is 0 Å². The Balaban J connectivity index is -0.000000425. The third-order valence-corrected chi connectivity index (χ3v) is 1.90. The Bertz CT molecular complexity index is 315. The molecular formula is C16H31NO3. The van der Waals surface area contributed by atoms with Gasteiger partial charge in [0.1, 0.15) is 0 Å². The summed E-state index contributed by atoms with van der Waals surface area (Å²) in [6, 6.07) is 5.81. The van der Waals surface area contributed by atoms with E-state index in [-0.39, 0.29) is 0 Å². The van der Waals surface area contributed by atoms with Crippen molar-refractivity contribution in [3.63, 3.8) is 0 Å². The molecule has 1 rings (SSSR count). The fourth-order valence-corrected chi connectivity index (χ4v) is 1.18. The summed E-state index contributed by atoms with van der Waals surface area (Å²) in [7, 11) is 4.25. The minimum atomic E-state index is 0.740. The highest BCUT2D eigenvalue weighted by atomic mass is 16.5. The topological polar surface area (TPSA) is 50.7 Å². The van der Waals surface area contributed by atoms with Crippen LogP contribution in [0.15, 0.2) is 31.0 Å². The van der Waals surface area contributed by atoms with Crippen LogP contribution in [0.5, 0.6) is 11.5 Å². The second kappa shape index (κ2) is 19.7. The Labute approximate surface area is 124 Å².